The minimum Gasteiger partial charge on any atom is -0.372 e. The number of anilines is 1. The summed E-state index contributed by atoms with van der Waals surface area (Å²) < 4.78 is 5.81. The molecule has 6 nitrogen and oxygen atoms in total. The summed E-state index contributed by atoms with van der Waals surface area (Å²) in [6, 6.07) is 10.4. The lowest BCUT2D eigenvalue weighted by molar-refractivity contribution is -0.00576. The van der Waals surface area contributed by atoms with Gasteiger partial charge in [-0.1, -0.05) is 42.0 Å². The molecule has 0 radical (unpaired) electrons. The molecule has 1 aromatic carbocycles. The van der Waals surface area contributed by atoms with Gasteiger partial charge in [0, 0.05) is 38.3 Å². The van der Waals surface area contributed by atoms with Gasteiger partial charge < -0.3 is 9.64 Å². The second kappa shape index (κ2) is 8.51. The van der Waals surface area contributed by atoms with Crippen LogP contribution in [0.3, 0.4) is 0 Å². The van der Waals surface area contributed by atoms with Crippen molar-refractivity contribution < 1.29 is 4.74 Å². The molecule has 0 amide bonds. The first-order chi connectivity index (χ1) is 14.0. The van der Waals surface area contributed by atoms with Crippen molar-refractivity contribution in [2.24, 2.45) is 0 Å². The molecule has 2 aliphatic rings. The first-order valence-corrected chi connectivity index (χ1v) is 10.4. The van der Waals surface area contributed by atoms with E-state index in [2.05, 4.69) is 65.9 Å². The molecule has 0 saturated carbocycles. The van der Waals surface area contributed by atoms with Gasteiger partial charge in [0.2, 0.25) is 5.95 Å². The van der Waals surface area contributed by atoms with Crippen LogP contribution in [0, 0.1) is 0 Å². The highest BCUT2D eigenvalue weighted by Crippen LogP contribution is 2.20. The van der Waals surface area contributed by atoms with E-state index < -0.39 is 0 Å². The highest BCUT2D eigenvalue weighted by atomic mass is 16.5. The first kappa shape index (κ1) is 19.9. The fourth-order valence-corrected chi connectivity index (χ4v) is 4.35. The zero-order valence-electron chi connectivity index (χ0n) is 17.5. The number of hydrogen-bond acceptors (Lipinski definition) is 5. The number of aromatic nitrogens is 2. The molecule has 2 aliphatic heterocycles. The number of nitrogens with zero attached hydrogens (tertiary/aromatic N) is 3. The summed E-state index contributed by atoms with van der Waals surface area (Å²) in [4.78, 5) is 25.1. The lowest BCUT2D eigenvalue weighted by Crippen LogP contribution is -2.47. The number of nitrogens with one attached hydrogen (secondary N) is 1. The molecule has 0 unspecified atom stereocenters. The molecule has 1 aromatic heterocycles. The van der Waals surface area contributed by atoms with Gasteiger partial charge in [0.15, 0.2) is 0 Å². The number of ether oxygens (including phenoxy) is 1. The third-order valence-corrected chi connectivity index (χ3v) is 5.54. The molecule has 3 heterocycles. The zero-order chi connectivity index (χ0) is 20.4. The molecule has 6 heteroatoms. The van der Waals surface area contributed by atoms with E-state index in [1.165, 1.54) is 11.1 Å². The molecule has 0 spiro atoms. The standard InChI is InChI=1S/C23H30N4O2/c1-16(11-19-7-5-4-6-8-19)12-26-10-9-20-21(15-26)24-23(25-22(20)28)27-13-17(2)29-18(3)14-27/h4-8,11,17-18H,9-10,12-15H2,1-3H3,(H,24,25,28)/b16-11+/t17-,18-/m1/s1. The number of morpholine rings is 1. The molecular weight excluding hydrogens is 364 g/mol. The Hall–Kier alpha value is -2.44. The fourth-order valence-electron chi connectivity index (χ4n) is 4.35. The van der Waals surface area contributed by atoms with Crippen molar-refractivity contribution in [2.75, 3.05) is 31.1 Å². The van der Waals surface area contributed by atoms with Crippen LogP contribution in [0.4, 0.5) is 5.95 Å². The summed E-state index contributed by atoms with van der Waals surface area (Å²) in [5.74, 6) is 0.675. The van der Waals surface area contributed by atoms with Crippen LogP contribution in [0.5, 0.6) is 0 Å². The van der Waals surface area contributed by atoms with Crippen LogP contribution in [0.15, 0.2) is 40.7 Å². The second-order valence-corrected chi connectivity index (χ2v) is 8.34. The van der Waals surface area contributed by atoms with E-state index in [0.29, 0.717) is 12.5 Å². The van der Waals surface area contributed by atoms with Gasteiger partial charge in [0.25, 0.3) is 5.56 Å². The topological polar surface area (TPSA) is 61.5 Å². The van der Waals surface area contributed by atoms with Gasteiger partial charge in [-0.3, -0.25) is 14.7 Å². The van der Waals surface area contributed by atoms with E-state index >= 15 is 0 Å². The van der Waals surface area contributed by atoms with Crippen LogP contribution in [-0.4, -0.2) is 53.3 Å². The number of H-pyrrole nitrogens is 1. The summed E-state index contributed by atoms with van der Waals surface area (Å²) in [5.41, 5.74) is 4.28. The predicted octanol–water partition coefficient (Wildman–Crippen LogP) is 2.85. The number of aromatic amines is 1. The van der Waals surface area contributed by atoms with Crippen molar-refractivity contribution in [1.29, 1.82) is 0 Å². The minimum atomic E-state index is 0.00741. The highest BCUT2D eigenvalue weighted by Gasteiger charge is 2.26. The lowest BCUT2D eigenvalue weighted by atomic mass is 10.1. The Balaban J connectivity index is 1.50. The van der Waals surface area contributed by atoms with Crippen molar-refractivity contribution in [3.8, 4) is 0 Å². The van der Waals surface area contributed by atoms with E-state index in [0.717, 1.165) is 43.9 Å². The van der Waals surface area contributed by atoms with Gasteiger partial charge in [-0.15, -0.1) is 0 Å². The van der Waals surface area contributed by atoms with Gasteiger partial charge in [0.1, 0.15) is 0 Å². The maximum absolute atomic E-state index is 12.7. The summed E-state index contributed by atoms with van der Waals surface area (Å²) in [7, 11) is 0. The Labute approximate surface area is 172 Å². The van der Waals surface area contributed by atoms with Gasteiger partial charge >= 0.3 is 0 Å². The number of rotatable bonds is 4. The molecule has 1 saturated heterocycles. The SMILES string of the molecule is C/C(=C\c1ccccc1)CN1CCc2c(nc(N3C[C@@H](C)O[C@H](C)C3)[nH]c2=O)C1. The van der Waals surface area contributed by atoms with Gasteiger partial charge in [-0.05, 0) is 32.8 Å². The number of hydrogen-bond donors (Lipinski definition) is 1. The Kier molecular flexibility index (Phi) is 5.83. The summed E-state index contributed by atoms with van der Waals surface area (Å²) in [5, 5.41) is 0. The third kappa shape index (κ3) is 4.77. The van der Waals surface area contributed by atoms with Crippen molar-refractivity contribution in [2.45, 2.75) is 45.9 Å². The molecule has 29 heavy (non-hydrogen) atoms. The van der Waals surface area contributed by atoms with Gasteiger partial charge in [0.05, 0.1) is 17.9 Å². The van der Waals surface area contributed by atoms with E-state index in [4.69, 9.17) is 9.72 Å². The summed E-state index contributed by atoms with van der Waals surface area (Å²) in [6.45, 7) is 10.2. The monoisotopic (exact) mass is 394 g/mol. The van der Waals surface area contributed by atoms with Gasteiger partial charge in [-0.2, -0.15) is 0 Å². The van der Waals surface area contributed by atoms with Crippen LogP contribution < -0.4 is 10.5 Å². The maximum atomic E-state index is 12.7. The minimum absolute atomic E-state index is 0.00741. The molecule has 4 rings (SSSR count). The smallest absolute Gasteiger partial charge is 0.255 e. The molecule has 2 aromatic rings. The van der Waals surface area contributed by atoms with Crippen molar-refractivity contribution in [3.05, 3.63) is 63.1 Å². The van der Waals surface area contributed by atoms with Crippen LogP contribution in [0.25, 0.3) is 6.08 Å². The quantitative estimate of drug-likeness (QED) is 0.864. The fraction of sp³-hybridized carbons (Fsp3) is 0.478. The maximum Gasteiger partial charge on any atom is 0.255 e. The highest BCUT2D eigenvalue weighted by molar-refractivity contribution is 5.52. The third-order valence-electron chi connectivity index (χ3n) is 5.54. The van der Waals surface area contributed by atoms with E-state index in [1.54, 1.807) is 0 Å². The average Bonchev–Trinajstić information content (AvgIpc) is 2.67. The van der Waals surface area contributed by atoms with Gasteiger partial charge in [-0.25, -0.2) is 4.98 Å². The van der Waals surface area contributed by atoms with Crippen LogP contribution in [0.1, 0.15) is 37.6 Å². The predicted molar refractivity (Wildman–Crippen MR) is 116 cm³/mol. The molecule has 1 N–H and O–H groups in total. The molecule has 0 bridgehead atoms. The molecule has 154 valence electrons. The Morgan fingerprint density at radius 2 is 1.97 bits per heavy atom. The summed E-state index contributed by atoms with van der Waals surface area (Å²) in [6.07, 6.45) is 3.22. The number of fused-ring (bicyclic) bond motifs is 1. The van der Waals surface area contributed by atoms with Crippen molar-refractivity contribution >= 4 is 12.0 Å². The molecule has 2 atom stereocenters. The van der Waals surface area contributed by atoms with Crippen LogP contribution in [-0.2, 0) is 17.7 Å². The normalized spacial score (nSPS) is 23.1. The first-order valence-electron chi connectivity index (χ1n) is 10.4. The largest absolute Gasteiger partial charge is 0.372 e. The lowest BCUT2D eigenvalue weighted by Gasteiger charge is -2.36. The summed E-state index contributed by atoms with van der Waals surface area (Å²) >= 11 is 0. The number of benzene rings is 1. The average molecular weight is 395 g/mol. The Morgan fingerprint density at radius 1 is 1.24 bits per heavy atom. The van der Waals surface area contributed by atoms with E-state index in [1.807, 2.05) is 6.07 Å². The molecule has 1 fully saturated rings. The van der Waals surface area contributed by atoms with Crippen molar-refractivity contribution in [1.82, 2.24) is 14.9 Å². The Bertz CT molecular complexity index is 928. The van der Waals surface area contributed by atoms with Crippen LogP contribution in [0.2, 0.25) is 0 Å². The van der Waals surface area contributed by atoms with E-state index in [9.17, 15) is 4.79 Å². The van der Waals surface area contributed by atoms with Crippen molar-refractivity contribution in [3.63, 3.8) is 0 Å². The zero-order valence-corrected chi connectivity index (χ0v) is 17.5. The molecule has 0 aliphatic carbocycles. The Morgan fingerprint density at radius 3 is 2.69 bits per heavy atom. The second-order valence-electron chi connectivity index (χ2n) is 8.34. The van der Waals surface area contributed by atoms with Crippen LogP contribution >= 0.6 is 0 Å². The van der Waals surface area contributed by atoms with E-state index in [-0.39, 0.29) is 17.8 Å². The molecular formula is C23H30N4O2.